The van der Waals surface area contributed by atoms with Crippen LogP contribution < -0.4 is 0 Å². The van der Waals surface area contributed by atoms with Crippen molar-refractivity contribution in [1.29, 1.82) is 0 Å². The molecule has 0 N–H and O–H groups in total. The minimum absolute atomic E-state index is 0.00666. The molecule has 0 saturated carbocycles. The first-order chi connectivity index (χ1) is 8.57. The van der Waals surface area contributed by atoms with Gasteiger partial charge in [-0.05, 0) is 24.8 Å². The van der Waals surface area contributed by atoms with Crippen LogP contribution in [-0.2, 0) is 5.41 Å². The highest BCUT2D eigenvalue weighted by atomic mass is 32.2. The molecule has 2 aromatic heterocycles. The second-order valence-corrected chi connectivity index (χ2v) is 6.91. The molecule has 0 fully saturated rings. The van der Waals surface area contributed by atoms with E-state index in [-0.39, 0.29) is 5.41 Å². The summed E-state index contributed by atoms with van der Waals surface area (Å²) in [7, 11) is 0. The summed E-state index contributed by atoms with van der Waals surface area (Å²) in [6, 6.07) is 4.19. The van der Waals surface area contributed by atoms with Crippen molar-refractivity contribution in [1.82, 2.24) is 9.97 Å². The van der Waals surface area contributed by atoms with E-state index in [1.165, 1.54) is 5.56 Å². The van der Waals surface area contributed by atoms with Crippen LogP contribution in [0.4, 0.5) is 5.82 Å². The fraction of sp³-hybridized carbons (Fsp3) is 0.308. The molecule has 3 nitrogen and oxygen atoms in total. The van der Waals surface area contributed by atoms with Crippen LogP contribution in [0.5, 0.6) is 0 Å². The molecule has 0 spiro atoms. The summed E-state index contributed by atoms with van der Waals surface area (Å²) in [4.78, 5) is 13.4. The van der Waals surface area contributed by atoms with E-state index in [0.717, 1.165) is 20.9 Å². The molecule has 3 rings (SSSR count). The van der Waals surface area contributed by atoms with Crippen LogP contribution in [0.3, 0.4) is 0 Å². The molecule has 3 heterocycles. The summed E-state index contributed by atoms with van der Waals surface area (Å²) < 4.78 is 1.01. The Morgan fingerprint density at radius 1 is 1.28 bits per heavy atom. The molecule has 0 unspecified atom stereocenters. The van der Waals surface area contributed by atoms with Gasteiger partial charge < -0.3 is 0 Å². The van der Waals surface area contributed by atoms with Crippen LogP contribution in [0.1, 0.15) is 26.3 Å². The molecule has 2 aromatic rings. The van der Waals surface area contributed by atoms with E-state index in [2.05, 4.69) is 47.9 Å². The predicted molar refractivity (Wildman–Crippen MR) is 76.3 cm³/mol. The number of aromatic nitrogens is 2. The Morgan fingerprint density at radius 2 is 2.11 bits per heavy atom. The molecule has 0 bridgehead atoms. The van der Waals surface area contributed by atoms with Gasteiger partial charge in [0.2, 0.25) is 0 Å². The molecule has 5 heteroatoms. The van der Waals surface area contributed by atoms with Crippen molar-refractivity contribution < 1.29 is 0 Å². The fourth-order valence-electron chi connectivity index (χ4n) is 1.90. The van der Waals surface area contributed by atoms with Crippen molar-refractivity contribution in [2.24, 2.45) is 4.99 Å². The van der Waals surface area contributed by atoms with E-state index in [1.807, 2.05) is 11.6 Å². The van der Waals surface area contributed by atoms with Crippen LogP contribution in [0.2, 0.25) is 0 Å². The SMILES string of the molecule is CC1=Nc2nc(Sc3nccs3)ccc2C1(C)C. The average Bonchev–Trinajstić information content (AvgIpc) is 2.88. The Hall–Kier alpha value is -1.20. The number of thiazole rings is 1. The fourth-order valence-corrected chi connectivity index (χ4v) is 3.44. The van der Waals surface area contributed by atoms with Crippen LogP contribution >= 0.6 is 23.1 Å². The minimum atomic E-state index is 0.00666. The van der Waals surface area contributed by atoms with Gasteiger partial charge in [-0.1, -0.05) is 19.9 Å². The number of fused-ring (bicyclic) bond motifs is 1. The normalized spacial score (nSPS) is 16.5. The first kappa shape index (κ1) is 11.9. The smallest absolute Gasteiger partial charge is 0.157 e. The van der Waals surface area contributed by atoms with Gasteiger partial charge in [0.25, 0.3) is 0 Å². The minimum Gasteiger partial charge on any atom is -0.238 e. The van der Waals surface area contributed by atoms with Gasteiger partial charge in [0.05, 0.1) is 0 Å². The lowest BCUT2D eigenvalue weighted by Gasteiger charge is -2.19. The summed E-state index contributed by atoms with van der Waals surface area (Å²) in [5, 5.41) is 2.93. The van der Waals surface area contributed by atoms with Gasteiger partial charge in [-0.25, -0.2) is 15.0 Å². The molecule has 0 aliphatic carbocycles. The lowest BCUT2D eigenvalue weighted by atomic mass is 9.83. The highest BCUT2D eigenvalue weighted by molar-refractivity contribution is 8.00. The lowest BCUT2D eigenvalue weighted by Crippen LogP contribution is -2.22. The zero-order chi connectivity index (χ0) is 12.8. The predicted octanol–water partition coefficient (Wildman–Crippen LogP) is 4.07. The van der Waals surface area contributed by atoms with Gasteiger partial charge in [-0.2, -0.15) is 0 Å². The summed E-state index contributed by atoms with van der Waals surface area (Å²) in [5.74, 6) is 0.860. The topological polar surface area (TPSA) is 38.1 Å². The van der Waals surface area contributed by atoms with Crippen LogP contribution in [0.25, 0.3) is 0 Å². The number of hydrogen-bond acceptors (Lipinski definition) is 5. The van der Waals surface area contributed by atoms with Gasteiger partial charge in [0, 0.05) is 28.3 Å². The Morgan fingerprint density at radius 3 is 2.83 bits per heavy atom. The molecule has 0 amide bonds. The molecule has 0 atom stereocenters. The zero-order valence-corrected chi connectivity index (χ0v) is 12.1. The third-order valence-corrected chi connectivity index (χ3v) is 5.12. The third kappa shape index (κ3) is 1.87. The van der Waals surface area contributed by atoms with Crippen LogP contribution in [0, 0.1) is 0 Å². The van der Waals surface area contributed by atoms with E-state index in [1.54, 1.807) is 23.1 Å². The maximum absolute atomic E-state index is 4.62. The monoisotopic (exact) mass is 275 g/mol. The van der Waals surface area contributed by atoms with Crippen LogP contribution in [-0.4, -0.2) is 15.7 Å². The standard InChI is InChI=1S/C13H13N3S2/c1-8-13(2,3)9-4-5-10(16-11(9)15-8)18-12-14-6-7-17-12/h4-7H,1-3H3. The van der Waals surface area contributed by atoms with E-state index in [9.17, 15) is 0 Å². The summed E-state index contributed by atoms with van der Waals surface area (Å²) in [6.45, 7) is 6.44. The summed E-state index contributed by atoms with van der Waals surface area (Å²) in [6.07, 6.45) is 1.81. The van der Waals surface area contributed by atoms with Gasteiger partial charge in [0.15, 0.2) is 10.2 Å². The molecule has 0 radical (unpaired) electrons. The second kappa shape index (κ2) is 4.17. The van der Waals surface area contributed by atoms with Crippen molar-refractivity contribution in [2.75, 3.05) is 0 Å². The Bertz CT molecular complexity index is 615. The summed E-state index contributed by atoms with van der Waals surface area (Å²) >= 11 is 3.22. The number of rotatable bonds is 2. The molecular formula is C13H13N3S2. The van der Waals surface area contributed by atoms with Gasteiger partial charge >= 0.3 is 0 Å². The summed E-state index contributed by atoms with van der Waals surface area (Å²) in [5.41, 5.74) is 2.34. The van der Waals surface area contributed by atoms with Crippen molar-refractivity contribution in [3.05, 3.63) is 29.3 Å². The Kier molecular flexibility index (Phi) is 2.75. The molecule has 1 aliphatic rings. The van der Waals surface area contributed by atoms with E-state index < -0.39 is 0 Å². The molecule has 92 valence electrons. The maximum atomic E-state index is 4.62. The average molecular weight is 275 g/mol. The first-order valence-corrected chi connectivity index (χ1v) is 7.41. The maximum Gasteiger partial charge on any atom is 0.157 e. The Labute approximate surface area is 114 Å². The number of hydrogen-bond donors (Lipinski definition) is 0. The third-order valence-electron chi connectivity index (χ3n) is 3.30. The zero-order valence-electron chi connectivity index (χ0n) is 10.5. The van der Waals surface area contributed by atoms with Gasteiger partial charge in [0.1, 0.15) is 5.03 Å². The number of aliphatic imine (C=N–C) groups is 1. The molecule has 18 heavy (non-hydrogen) atoms. The van der Waals surface area contributed by atoms with Crippen LogP contribution in [0.15, 0.2) is 38.1 Å². The lowest BCUT2D eigenvalue weighted by molar-refractivity contribution is 0.729. The Balaban J connectivity index is 1.96. The van der Waals surface area contributed by atoms with Crippen molar-refractivity contribution >= 4 is 34.6 Å². The molecule has 0 aromatic carbocycles. The largest absolute Gasteiger partial charge is 0.238 e. The van der Waals surface area contributed by atoms with E-state index >= 15 is 0 Å². The van der Waals surface area contributed by atoms with Crippen molar-refractivity contribution in [2.45, 2.75) is 35.6 Å². The van der Waals surface area contributed by atoms with E-state index in [4.69, 9.17) is 0 Å². The van der Waals surface area contributed by atoms with Gasteiger partial charge in [-0.3, -0.25) is 0 Å². The van der Waals surface area contributed by atoms with Crippen molar-refractivity contribution in [3.63, 3.8) is 0 Å². The quantitative estimate of drug-likeness (QED) is 0.829. The highest BCUT2D eigenvalue weighted by Crippen LogP contribution is 2.40. The molecular weight excluding hydrogens is 262 g/mol. The highest BCUT2D eigenvalue weighted by Gasteiger charge is 2.33. The number of pyridine rings is 1. The van der Waals surface area contributed by atoms with Gasteiger partial charge in [-0.15, -0.1) is 11.3 Å². The van der Waals surface area contributed by atoms with E-state index in [0.29, 0.717) is 0 Å². The number of nitrogens with zero attached hydrogens (tertiary/aromatic N) is 3. The second-order valence-electron chi connectivity index (χ2n) is 4.74. The molecule has 1 aliphatic heterocycles. The first-order valence-electron chi connectivity index (χ1n) is 5.72. The van der Waals surface area contributed by atoms with Crippen molar-refractivity contribution in [3.8, 4) is 0 Å². The molecule has 0 saturated heterocycles.